The number of esters is 1. The van der Waals surface area contributed by atoms with E-state index in [-0.39, 0.29) is 12.6 Å². The Labute approximate surface area is 182 Å². The lowest BCUT2D eigenvalue weighted by atomic mass is 10.0. The molecule has 3 aromatic rings. The van der Waals surface area contributed by atoms with Gasteiger partial charge in [-0.15, -0.1) is 0 Å². The number of methoxy groups -OCH3 is 1. The molecule has 0 saturated heterocycles. The van der Waals surface area contributed by atoms with Gasteiger partial charge >= 0.3 is 12.0 Å². The van der Waals surface area contributed by atoms with Crippen molar-refractivity contribution in [3.8, 4) is 11.5 Å². The summed E-state index contributed by atoms with van der Waals surface area (Å²) in [6.45, 7) is 3.31. The number of nitrogens with zero attached hydrogens (tertiary/aromatic N) is 1. The van der Waals surface area contributed by atoms with Gasteiger partial charge in [0, 0.05) is 18.2 Å². The van der Waals surface area contributed by atoms with Crippen LogP contribution in [0.5, 0.6) is 11.5 Å². The number of thiazole rings is 1. The second-order valence-corrected chi connectivity index (χ2v) is 8.24. The van der Waals surface area contributed by atoms with Crippen LogP contribution in [0.4, 0.5) is 15.6 Å². The highest BCUT2D eigenvalue weighted by Gasteiger charge is 2.29. The number of carbonyl (C=O) groups is 2. The average Bonchev–Trinajstić information content (AvgIpc) is 3.13. The lowest BCUT2D eigenvalue weighted by Gasteiger charge is -2.31. The second-order valence-electron chi connectivity index (χ2n) is 7.21. The summed E-state index contributed by atoms with van der Waals surface area (Å²) in [6, 6.07) is 10.5. The van der Waals surface area contributed by atoms with Gasteiger partial charge in [-0.25, -0.2) is 9.78 Å². The molecule has 0 aliphatic carbocycles. The molecule has 0 saturated carbocycles. The molecule has 8 nitrogen and oxygen atoms in total. The zero-order chi connectivity index (χ0) is 22.0. The highest BCUT2D eigenvalue weighted by atomic mass is 32.1. The van der Waals surface area contributed by atoms with Crippen LogP contribution in [0.1, 0.15) is 19.4 Å². The molecule has 0 radical (unpaired) electrons. The lowest BCUT2D eigenvalue weighted by Crippen LogP contribution is -2.37. The average molecular weight is 439 g/mol. The van der Waals surface area contributed by atoms with E-state index < -0.39 is 11.6 Å². The molecule has 2 N–H and O–H groups in total. The maximum atomic E-state index is 12.4. The Bertz CT molecular complexity index is 1190. The Morgan fingerprint density at radius 2 is 2.03 bits per heavy atom. The minimum absolute atomic E-state index is 0.120. The molecule has 1 aliphatic rings. The third-order valence-electron chi connectivity index (χ3n) is 4.60. The fourth-order valence-electron chi connectivity index (χ4n) is 3.07. The van der Waals surface area contributed by atoms with Gasteiger partial charge in [-0.05, 0) is 49.4 Å². The zero-order valence-corrected chi connectivity index (χ0v) is 18.0. The Hall–Kier alpha value is -3.59. The summed E-state index contributed by atoms with van der Waals surface area (Å²) in [5.74, 6) is 1.02. The topological polar surface area (TPSA) is 98.8 Å². The molecule has 9 heteroatoms. The van der Waals surface area contributed by atoms with Gasteiger partial charge in [0.1, 0.15) is 18.1 Å². The molecular weight excluding hydrogens is 418 g/mol. The molecule has 0 bridgehead atoms. The Morgan fingerprint density at radius 1 is 1.19 bits per heavy atom. The van der Waals surface area contributed by atoms with Gasteiger partial charge < -0.3 is 19.5 Å². The largest absolute Gasteiger partial charge is 0.497 e. The number of amides is 2. The molecule has 2 aromatic carbocycles. The first-order valence-electron chi connectivity index (χ1n) is 9.52. The number of ether oxygens (including phenoxy) is 3. The van der Waals surface area contributed by atoms with Crippen molar-refractivity contribution in [3.05, 3.63) is 48.0 Å². The fourth-order valence-corrected chi connectivity index (χ4v) is 3.96. The van der Waals surface area contributed by atoms with Crippen LogP contribution in [-0.2, 0) is 9.53 Å². The van der Waals surface area contributed by atoms with Crippen molar-refractivity contribution in [1.82, 2.24) is 4.98 Å². The van der Waals surface area contributed by atoms with Gasteiger partial charge in [-0.1, -0.05) is 17.4 Å². The number of aromatic nitrogens is 1. The van der Waals surface area contributed by atoms with Crippen molar-refractivity contribution < 1.29 is 23.8 Å². The quantitative estimate of drug-likeness (QED) is 0.560. The highest BCUT2D eigenvalue weighted by Crippen LogP contribution is 2.33. The van der Waals surface area contributed by atoms with Crippen LogP contribution in [0.25, 0.3) is 16.3 Å². The van der Waals surface area contributed by atoms with Crippen LogP contribution >= 0.6 is 11.3 Å². The van der Waals surface area contributed by atoms with Crippen molar-refractivity contribution in [2.24, 2.45) is 0 Å². The van der Waals surface area contributed by atoms with E-state index in [2.05, 4.69) is 15.6 Å². The molecule has 1 unspecified atom stereocenters. The smallest absolute Gasteiger partial charge is 0.325 e. The van der Waals surface area contributed by atoms with Crippen molar-refractivity contribution in [1.29, 1.82) is 0 Å². The number of urea groups is 1. The van der Waals surface area contributed by atoms with Crippen molar-refractivity contribution >= 4 is 50.4 Å². The summed E-state index contributed by atoms with van der Waals surface area (Å²) in [5.41, 5.74) is 1.47. The third kappa shape index (κ3) is 4.77. The first-order valence-corrected chi connectivity index (χ1v) is 10.3. The number of benzene rings is 2. The van der Waals surface area contributed by atoms with Crippen molar-refractivity contribution in [2.45, 2.75) is 19.4 Å². The standard InChI is InChI=1S/C22H21N3O5S/c1-13(26)29-12-22(2)9-8-14-10-15(4-7-18(14)30-22)23-20(27)25-21-24-17-6-5-16(28-3)11-19(17)31-21/h4-11H,12H2,1-3H3,(H2,23,24,25,27). The SMILES string of the molecule is COc1ccc2nc(NC(=O)Nc3ccc4c(c3)C=CC(C)(COC(C)=O)O4)sc2c1. The summed E-state index contributed by atoms with van der Waals surface area (Å²) < 4.78 is 17.2. The maximum Gasteiger partial charge on any atom is 0.325 e. The molecular formula is C22H21N3O5S. The van der Waals surface area contributed by atoms with Crippen LogP contribution in [-0.4, -0.2) is 36.3 Å². The van der Waals surface area contributed by atoms with Crippen LogP contribution in [0.2, 0.25) is 0 Å². The number of carbonyl (C=O) groups excluding carboxylic acids is 2. The number of anilines is 2. The fraction of sp³-hybridized carbons (Fsp3) is 0.227. The van der Waals surface area contributed by atoms with E-state index in [0.717, 1.165) is 21.5 Å². The molecule has 1 atom stereocenters. The molecule has 0 fully saturated rings. The summed E-state index contributed by atoms with van der Waals surface area (Å²) in [4.78, 5) is 27.9. The number of fused-ring (bicyclic) bond motifs is 2. The third-order valence-corrected chi connectivity index (χ3v) is 5.54. The second kappa shape index (κ2) is 8.27. The van der Waals surface area contributed by atoms with E-state index in [1.165, 1.54) is 18.3 Å². The minimum atomic E-state index is -0.736. The monoisotopic (exact) mass is 439 g/mol. The number of hydrogen-bond donors (Lipinski definition) is 2. The molecule has 160 valence electrons. The zero-order valence-electron chi connectivity index (χ0n) is 17.2. The highest BCUT2D eigenvalue weighted by molar-refractivity contribution is 7.22. The number of nitrogens with one attached hydrogen (secondary N) is 2. The normalized spacial score (nSPS) is 16.9. The van der Waals surface area contributed by atoms with Crippen molar-refractivity contribution in [2.75, 3.05) is 24.4 Å². The molecule has 1 aromatic heterocycles. The lowest BCUT2D eigenvalue weighted by molar-refractivity contribution is -0.145. The van der Waals surface area contributed by atoms with E-state index in [0.29, 0.717) is 16.6 Å². The number of hydrogen-bond acceptors (Lipinski definition) is 7. The molecule has 0 spiro atoms. The van der Waals surface area contributed by atoms with Gasteiger partial charge in [0.05, 0.1) is 17.3 Å². The van der Waals surface area contributed by atoms with Gasteiger partial charge in [-0.3, -0.25) is 10.1 Å². The summed E-state index contributed by atoms with van der Waals surface area (Å²) in [7, 11) is 1.61. The van der Waals surface area contributed by atoms with Crippen LogP contribution < -0.4 is 20.1 Å². The molecule has 1 aliphatic heterocycles. The molecule has 2 heterocycles. The summed E-state index contributed by atoms with van der Waals surface area (Å²) in [6.07, 6.45) is 3.71. The van der Waals surface area contributed by atoms with Crippen LogP contribution in [0.3, 0.4) is 0 Å². The summed E-state index contributed by atoms with van der Waals surface area (Å²) in [5, 5.41) is 6.05. The Balaban J connectivity index is 1.42. The van der Waals surface area contributed by atoms with Crippen LogP contribution in [0.15, 0.2) is 42.5 Å². The Kier molecular flexibility index (Phi) is 5.51. The van der Waals surface area contributed by atoms with E-state index in [1.807, 2.05) is 37.3 Å². The van der Waals surface area contributed by atoms with E-state index in [9.17, 15) is 9.59 Å². The molecule has 4 rings (SSSR count). The predicted octanol–water partition coefficient (Wildman–Crippen LogP) is 4.68. The van der Waals surface area contributed by atoms with E-state index in [1.54, 1.807) is 25.3 Å². The Morgan fingerprint density at radius 3 is 2.81 bits per heavy atom. The summed E-state index contributed by atoms with van der Waals surface area (Å²) >= 11 is 1.36. The van der Waals surface area contributed by atoms with Gasteiger partial charge in [0.2, 0.25) is 0 Å². The number of rotatable bonds is 5. The minimum Gasteiger partial charge on any atom is -0.497 e. The first-order chi connectivity index (χ1) is 14.8. The molecule has 2 amide bonds. The van der Waals surface area contributed by atoms with Crippen molar-refractivity contribution in [3.63, 3.8) is 0 Å². The van der Waals surface area contributed by atoms with E-state index in [4.69, 9.17) is 14.2 Å². The van der Waals surface area contributed by atoms with Gasteiger partial charge in [0.25, 0.3) is 0 Å². The van der Waals surface area contributed by atoms with Gasteiger partial charge in [-0.2, -0.15) is 0 Å². The molecule has 31 heavy (non-hydrogen) atoms. The first kappa shape index (κ1) is 20.7. The van der Waals surface area contributed by atoms with Crippen LogP contribution in [0, 0.1) is 0 Å². The predicted molar refractivity (Wildman–Crippen MR) is 120 cm³/mol. The maximum absolute atomic E-state index is 12.4. The van der Waals surface area contributed by atoms with E-state index >= 15 is 0 Å². The van der Waals surface area contributed by atoms with Gasteiger partial charge in [0.15, 0.2) is 10.7 Å².